The fraction of sp³-hybridized carbons (Fsp3) is 0.158. The summed E-state index contributed by atoms with van der Waals surface area (Å²) in [5.41, 5.74) is 4.31. The van der Waals surface area contributed by atoms with Crippen LogP contribution in [-0.2, 0) is 0 Å². The Morgan fingerprint density at radius 2 is 2.04 bits per heavy atom. The highest BCUT2D eigenvalue weighted by Gasteiger charge is 2.41. The van der Waals surface area contributed by atoms with Crippen LogP contribution < -0.4 is 10.2 Å². The molecule has 2 atom stereocenters. The van der Waals surface area contributed by atoms with Crippen LogP contribution >= 0.6 is 28.1 Å². The Labute approximate surface area is 160 Å². The van der Waals surface area contributed by atoms with Crippen LogP contribution in [0, 0.1) is 6.92 Å². The molecule has 0 radical (unpaired) electrons. The van der Waals surface area contributed by atoms with Crippen molar-refractivity contribution in [2.75, 3.05) is 4.90 Å². The normalized spacial score (nSPS) is 19.9. The molecule has 0 amide bonds. The van der Waals surface area contributed by atoms with Crippen LogP contribution in [0.5, 0.6) is 0 Å². The highest BCUT2D eigenvalue weighted by Crippen LogP contribution is 2.41. The lowest BCUT2D eigenvalue weighted by Gasteiger charge is -2.27. The summed E-state index contributed by atoms with van der Waals surface area (Å²) in [7, 11) is 0. The molecule has 0 bridgehead atoms. The summed E-state index contributed by atoms with van der Waals surface area (Å²) < 4.78 is 1.09. The molecule has 1 saturated heterocycles. The maximum Gasteiger partial charge on any atom is 0.174 e. The number of thiocarbonyl (C=S) groups is 1. The molecule has 0 aliphatic carbocycles. The van der Waals surface area contributed by atoms with Crippen molar-refractivity contribution < 1.29 is 0 Å². The SMILES string of the molecule is Cc1cc(N2C(=S)NC(c3ccccn3)C2c2ccc[nH]2)ccc1Br. The van der Waals surface area contributed by atoms with Gasteiger partial charge in [0.1, 0.15) is 6.04 Å². The first-order chi connectivity index (χ1) is 12.1. The second-order valence-electron chi connectivity index (χ2n) is 6.06. The van der Waals surface area contributed by atoms with Crippen molar-refractivity contribution in [1.29, 1.82) is 0 Å². The van der Waals surface area contributed by atoms with Gasteiger partial charge in [-0.1, -0.05) is 22.0 Å². The number of rotatable bonds is 3. The maximum atomic E-state index is 5.69. The van der Waals surface area contributed by atoms with Crippen LogP contribution in [0.15, 0.2) is 65.4 Å². The monoisotopic (exact) mass is 412 g/mol. The highest BCUT2D eigenvalue weighted by atomic mass is 79.9. The van der Waals surface area contributed by atoms with Gasteiger partial charge in [-0.3, -0.25) is 4.98 Å². The predicted octanol–water partition coefficient (Wildman–Crippen LogP) is 4.66. The average Bonchev–Trinajstić information content (AvgIpc) is 3.25. The van der Waals surface area contributed by atoms with Gasteiger partial charge in [0.25, 0.3) is 0 Å². The lowest BCUT2D eigenvalue weighted by Crippen LogP contribution is -2.29. The fourth-order valence-corrected chi connectivity index (χ4v) is 3.85. The van der Waals surface area contributed by atoms with Crippen molar-refractivity contribution >= 4 is 38.9 Å². The van der Waals surface area contributed by atoms with Gasteiger partial charge < -0.3 is 15.2 Å². The molecule has 2 N–H and O–H groups in total. The number of benzene rings is 1. The molecule has 3 heterocycles. The Balaban J connectivity index is 1.82. The first-order valence-corrected chi connectivity index (χ1v) is 9.25. The van der Waals surface area contributed by atoms with Gasteiger partial charge >= 0.3 is 0 Å². The molecule has 2 unspecified atom stereocenters. The van der Waals surface area contributed by atoms with E-state index in [2.05, 4.69) is 67.3 Å². The number of hydrogen-bond donors (Lipinski definition) is 2. The van der Waals surface area contributed by atoms with Crippen molar-refractivity contribution in [3.63, 3.8) is 0 Å². The van der Waals surface area contributed by atoms with E-state index in [1.54, 1.807) is 0 Å². The summed E-state index contributed by atoms with van der Waals surface area (Å²) >= 11 is 9.26. The predicted molar refractivity (Wildman–Crippen MR) is 108 cm³/mol. The number of nitrogens with zero attached hydrogens (tertiary/aromatic N) is 2. The Bertz CT molecular complexity index is 895. The van der Waals surface area contributed by atoms with Gasteiger partial charge in [0, 0.05) is 28.2 Å². The quantitative estimate of drug-likeness (QED) is 0.614. The van der Waals surface area contributed by atoms with E-state index >= 15 is 0 Å². The number of anilines is 1. The molecule has 0 saturated carbocycles. The van der Waals surface area contributed by atoms with E-state index in [9.17, 15) is 0 Å². The number of pyridine rings is 1. The van der Waals surface area contributed by atoms with E-state index in [1.807, 2.05) is 36.7 Å². The Morgan fingerprint density at radius 1 is 1.16 bits per heavy atom. The second kappa shape index (κ2) is 6.61. The van der Waals surface area contributed by atoms with E-state index in [0.717, 1.165) is 21.5 Å². The largest absolute Gasteiger partial charge is 0.363 e. The van der Waals surface area contributed by atoms with E-state index in [4.69, 9.17) is 12.2 Å². The molecule has 126 valence electrons. The van der Waals surface area contributed by atoms with Gasteiger partial charge in [-0.15, -0.1) is 0 Å². The van der Waals surface area contributed by atoms with Crippen LogP contribution in [-0.4, -0.2) is 15.1 Å². The molecule has 3 aromatic rings. The molecule has 6 heteroatoms. The van der Waals surface area contributed by atoms with E-state index in [1.165, 1.54) is 5.56 Å². The third-order valence-corrected chi connectivity index (χ3v) is 5.66. The standard InChI is InChI=1S/C19H17BrN4S/c1-12-11-13(7-8-14(12)20)24-18(16-6-4-10-22-16)17(23-19(24)25)15-5-2-3-9-21-15/h2-11,17-18,22H,1H3,(H,23,25). The van der Waals surface area contributed by atoms with Gasteiger partial charge in [0.15, 0.2) is 5.11 Å². The summed E-state index contributed by atoms with van der Waals surface area (Å²) in [6.45, 7) is 2.08. The Kier molecular flexibility index (Phi) is 4.31. The van der Waals surface area contributed by atoms with Gasteiger partial charge in [0.05, 0.1) is 11.7 Å². The lowest BCUT2D eigenvalue weighted by molar-refractivity contribution is 0.558. The topological polar surface area (TPSA) is 44.0 Å². The second-order valence-corrected chi connectivity index (χ2v) is 7.30. The minimum absolute atomic E-state index is 0.0120. The molecule has 1 aliphatic rings. The van der Waals surface area contributed by atoms with Crippen molar-refractivity contribution in [1.82, 2.24) is 15.3 Å². The summed E-state index contributed by atoms with van der Waals surface area (Å²) in [5, 5.41) is 4.16. The summed E-state index contributed by atoms with van der Waals surface area (Å²) in [5.74, 6) is 0. The number of aromatic nitrogens is 2. The van der Waals surface area contributed by atoms with Crippen molar-refractivity contribution in [3.8, 4) is 0 Å². The zero-order valence-corrected chi connectivity index (χ0v) is 16.0. The smallest absolute Gasteiger partial charge is 0.174 e. The van der Waals surface area contributed by atoms with E-state index in [-0.39, 0.29) is 12.1 Å². The number of nitrogens with one attached hydrogen (secondary N) is 2. The van der Waals surface area contributed by atoms with Crippen LogP contribution in [0.1, 0.15) is 29.0 Å². The Hall–Kier alpha value is -2.18. The van der Waals surface area contributed by atoms with Gasteiger partial charge in [0.2, 0.25) is 0 Å². The highest BCUT2D eigenvalue weighted by molar-refractivity contribution is 9.10. The fourth-order valence-electron chi connectivity index (χ4n) is 3.26. The minimum atomic E-state index is -0.0173. The molecule has 4 nitrogen and oxygen atoms in total. The van der Waals surface area contributed by atoms with Crippen LogP contribution in [0.3, 0.4) is 0 Å². The molecule has 25 heavy (non-hydrogen) atoms. The van der Waals surface area contributed by atoms with Crippen LogP contribution in [0.2, 0.25) is 0 Å². The third-order valence-electron chi connectivity index (χ3n) is 4.46. The minimum Gasteiger partial charge on any atom is -0.363 e. The molecule has 1 aromatic carbocycles. The number of aromatic amines is 1. The van der Waals surface area contributed by atoms with E-state index in [0.29, 0.717) is 5.11 Å². The van der Waals surface area contributed by atoms with Gasteiger partial charge in [-0.2, -0.15) is 0 Å². The third kappa shape index (κ3) is 2.96. The molecule has 0 spiro atoms. The number of H-pyrrole nitrogens is 1. The zero-order valence-electron chi connectivity index (χ0n) is 13.6. The molecule has 1 fully saturated rings. The molecule has 4 rings (SSSR count). The van der Waals surface area contributed by atoms with Crippen LogP contribution in [0.25, 0.3) is 0 Å². The van der Waals surface area contributed by atoms with Crippen molar-refractivity contribution in [2.24, 2.45) is 0 Å². The summed E-state index contributed by atoms with van der Waals surface area (Å²) in [4.78, 5) is 10.1. The van der Waals surface area contributed by atoms with Crippen molar-refractivity contribution in [2.45, 2.75) is 19.0 Å². The lowest BCUT2D eigenvalue weighted by atomic mass is 10.0. The molecular formula is C19H17BrN4S. The number of halogens is 1. The van der Waals surface area contributed by atoms with Gasteiger partial charge in [-0.05, 0) is 67.2 Å². The average molecular weight is 413 g/mol. The summed E-state index contributed by atoms with van der Waals surface area (Å²) in [6.07, 6.45) is 3.76. The zero-order chi connectivity index (χ0) is 17.4. The molecular weight excluding hydrogens is 396 g/mol. The maximum absolute atomic E-state index is 5.69. The van der Waals surface area contributed by atoms with E-state index < -0.39 is 0 Å². The number of aryl methyl sites for hydroxylation is 1. The van der Waals surface area contributed by atoms with Gasteiger partial charge in [-0.25, -0.2) is 0 Å². The molecule has 2 aromatic heterocycles. The summed E-state index contributed by atoms with van der Waals surface area (Å²) in [6, 6.07) is 16.4. The van der Waals surface area contributed by atoms with Crippen molar-refractivity contribution in [3.05, 3.63) is 82.3 Å². The Morgan fingerprint density at radius 3 is 2.72 bits per heavy atom. The number of hydrogen-bond acceptors (Lipinski definition) is 2. The van der Waals surface area contributed by atoms with Crippen LogP contribution in [0.4, 0.5) is 5.69 Å². The molecule has 1 aliphatic heterocycles. The first kappa shape index (κ1) is 16.3. The first-order valence-electron chi connectivity index (χ1n) is 8.05.